The fourth-order valence-corrected chi connectivity index (χ4v) is 2.99. The highest BCUT2D eigenvalue weighted by atomic mass is 19.4. The predicted molar refractivity (Wildman–Crippen MR) is 116 cm³/mol. The number of carbonyl (C=O) groups excluding carboxylic acids is 1. The van der Waals surface area contributed by atoms with E-state index in [4.69, 9.17) is 4.74 Å². The first-order valence-corrected chi connectivity index (χ1v) is 10.1. The van der Waals surface area contributed by atoms with Gasteiger partial charge in [0.2, 0.25) is 5.88 Å². The number of ether oxygens (including phenoxy) is 2. The number of amides is 1. The van der Waals surface area contributed by atoms with Crippen molar-refractivity contribution in [2.75, 3.05) is 12.4 Å². The van der Waals surface area contributed by atoms with Crippen molar-refractivity contribution >= 4 is 11.9 Å². The molecule has 0 aromatic carbocycles. The number of rotatable bonds is 5. The fourth-order valence-electron chi connectivity index (χ4n) is 2.99. The molecule has 3 aromatic heterocycles. The van der Waals surface area contributed by atoms with Gasteiger partial charge in [0, 0.05) is 25.0 Å². The third kappa shape index (κ3) is 5.99. The molecule has 0 saturated carbocycles. The molecule has 0 aliphatic rings. The number of aryl methyl sites for hydroxylation is 1. The lowest BCUT2D eigenvalue weighted by Gasteiger charge is -2.21. The lowest BCUT2D eigenvalue weighted by atomic mass is 10.0. The number of nitrogens with one attached hydrogen (secondary N) is 1. The molecule has 1 amide bonds. The maximum Gasteiger partial charge on any atom is 0.435 e. The van der Waals surface area contributed by atoms with Crippen molar-refractivity contribution in [2.24, 2.45) is 0 Å². The molecule has 0 aliphatic heterocycles. The Hall–Kier alpha value is -3.63. The topological polar surface area (TPSA) is 91.2 Å². The zero-order valence-corrected chi connectivity index (χ0v) is 18.8. The molecule has 3 rings (SSSR count). The summed E-state index contributed by atoms with van der Waals surface area (Å²) in [5.41, 5.74) is -0.676. The molecule has 0 unspecified atom stereocenters. The van der Waals surface area contributed by atoms with Gasteiger partial charge in [-0.3, -0.25) is 10.00 Å². The van der Waals surface area contributed by atoms with Crippen LogP contribution in [0.5, 0.6) is 5.88 Å². The van der Waals surface area contributed by atoms with Crippen molar-refractivity contribution in [3.05, 3.63) is 42.4 Å². The Bertz CT molecular complexity index is 1150. The predicted octanol–water partition coefficient (Wildman–Crippen LogP) is 5.40. The summed E-state index contributed by atoms with van der Waals surface area (Å²) in [6, 6.07) is 6.35. The first kappa shape index (κ1) is 24.0. The largest absolute Gasteiger partial charge is 0.472 e. The summed E-state index contributed by atoms with van der Waals surface area (Å²) in [4.78, 5) is 19.9. The van der Waals surface area contributed by atoms with Crippen LogP contribution in [-0.4, -0.2) is 38.6 Å². The summed E-state index contributed by atoms with van der Waals surface area (Å²) >= 11 is 0. The van der Waals surface area contributed by atoms with Crippen molar-refractivity contribution in [3.8, 4) is 28.3 Å². The molecule has 8 nitrogen and oxygen atoms in total. The molecule has 3 heterocycles. The van der Waals surface area contributed by atoms with Crippen LogP contribution in [0.4, 0.5) is 23.8 Å². The Morgan fingerprint density at radius 1 is 1.15 bits per heavy atom. The number of alkyl halides is 3. The smallest absolute Gasteiger partial charge is 0.435 e. The van der Waals surface area contributed by atoms with Crippen LogP contribution in [-0.2, 0) is 17.5 Å². The minimum absolute atomic E-state index is 0.0538. The van der Waals surface area contributed by atoms with Gasteiger partial charge in [-0.25, -0.2) is 14.8 Å². The second-order valence-electron chi connectivity index (χ2n) is 8.08. The van der Waals surface area contributed by atoms with Crippen LogP contribution < -0.4 is 10.1 Å². The van der Waals surface area contributed by atoms with E-state index in [0.717, 1.165) is 0 Å². The Morgan fingerprint density at radius 3 is 2.48 bits per heavy atom. The van der Waals surface area contributed by atoms with E-state index in [1.165, 1.54) is 30.3 Å². The summed E-state index contributed by atoms with van der Waals surface area (Å²) in [6.45, 7) is 7.38. The van der Waals surface area contributed by atoms with Gasteiger partial charge >= 0.3 is 12.3 Å². The third-order valence-electron chi connectivity index (χ3n) is 4.35. The summed E-state index contributed by atoms with van der Waals surface area (Å²) in [5, 5.41) is 6.14. The first-order chi connectivity index (χ1) is 15.4. The minimum atomic E-state index is -4.66. The lowest BCUT2D eigenvalue weighted by molar-refractivity contribution is -0.141. The molecule has 0 atom stereocenters. The van der Waals surface area contributed by atoms with Crippen LogP contribution in [0, 0.1) is 0 Å². The molecule has 0 saturated heterocycles. The van der Waals surface area contributed by atoms with Crippen LogP contribution in [0.3, 0.4) is 0 Å². The highest BCUT2D eigenvalue weighted by molar-refractivity contribution is 5.84. The molecule has 0 fully saturated rings. The van der Waals surface area contributed by atoms with Crippen LogP contribution >= 0.6 is 0 Å². The molecule has 176 valence electrons. The number of pyridine rings is 2. The normalized spacial score (nSPS) is 11.9. The second kappa shape index (κ2) is 9.08. The molecule has 1 N–H and O–H groups in total. The Morgan fingerprint density at radius 2 is 1.88 bits per heavy atom. The van der Waals surface area contributed by atoms with E-state index in [9.17, 15) is 18.0 Å². The summed E-state index contributed by atoms with van der Waals surface area (Å²) < 4.78 is 52.7. The van der Waals surface area contributed by atoms with Crippen molar-refractivity contribution in [2.45, 2.75) is 46.0 Å². The van der Waals surface area contributed by atoms with Crippen molar-refractivity contribution in [1.82, 2.24) is 19.7 Å². The number of methoxy groups -OCH3 is 1. The van der Waals surface area contributed by atoms with Crippen molar-refractivity contribution in [1.29, 1.82) is 0 Å². The number of aromatic nitrogens is 4. The molecular weight excluding hydrogens is 439 g/mol. The highest BCUT2D eigenvalue weighted by Gasteiger charge is 2.38. The number of carbonyl (C=O) groups is 1. The van der Waals surface area contributed by atoms with Crippen LogP contribution in [0.1, 0.15) is 33.4 Å². The molecule has 0 bridgehead atoms. The van der Waals surface area contributed by atoms with Gasteiger partial charge in [-0.05, 0) is 57.0 Å². The first-order valence-electron chi connectivity index (χ1n) is 10.1. The molecule has 3 aromatic rings. The average Bonchev–Trinajstić information content (AvgIpc) is 3.18. The number of hydrogen-bond acceptors (Lipinski definition) is 6. The molecular formula is C22H24F3N5O3. The summed E-state index contributed by atoms with van der Waals surface area (Å²) in [7, 11) is 1.22. The zero-order chi connectivity index (χ0) is 24.4. The van der Waals surface area contributed by atoms with E-state index < -0.39 is 23.6 Å². The van der Waals surface area contributed by atoms with Gasteiger partial charge in [0.05, 0.1) is 18.4 Å². The van der Waals surface area contributed by atoms with Gasteiger partial charge in [0.15, 0.2) is 5.69 Å². The quantitative estimate of drug-likeness (QED) is 0.545. The second-order valence-corrected chi connectivity index (χ2v) is 8.08. The van der Waals surface area contributed by atoms with Gasteiger partial charge in [0.25, 0.3) is 0 Å². The third-order valence-corrected chi connectivity index (χ3v) is 4.35. The van der Waals surface area contributed by atoms with Gasteiger partial charge < -0.3 is 9.47 Å². The van der Waals surface area contributed by atoms with E-state index in [-0.39, 0.29) is 29.5 Å². The zero-order valence-electron chi connectivity index (χ0n) is 18.8. The van der Waals surface area contributed by atoms with Crippen molar-refractivity contribution in [3.63, 3.8) is 0 Å². The Labute approximate surface area is 188 Å². The summed E-state index contributed by atoms with van der Waals surface area (Å²) in [5.74, 6) is 0.359. The minimum Gasteiger partial charge on any atom is -0.472 e. The summed E-state index contributed by atoms with van der Waals surface area (Å²) in [6.07, 6.45) is -2.59. The molecule has 0 aliphatic carbocycles. The van der Waals surface area contributed by atoms with Gasteiger partial charge in [-0.2, -0.15) is 18.3 Å². The highest BCUT2D eigenvalue weighted by Crippen LogP contribution is 2.38. The van der Waals surface area contributed by atoms with Gasteiger partial charge in [0.1, 0.15) is 11.4 Å². The molecule has 11 heteroatoms. The number of halogens is 3. The molecule has 0 radical (unpaired) electrons. The van der Waals surface area contributed by atoms with Gasteiger partial charge in [-0.15, -0.1) is 0 Å². The average molecular weight is 463 g/mol. The van der Waals surface area contributed by atoms with Gasteiger partial charge in [-0.1, -0.05) is 0 Å². The van der Waals surface area contributed by atoms with Crippen LogP contribution in [0.2, 0.25) is 0 Å². The monoisotopic (exact) mass is 463 g/mol. The lowest BCUT2D eigenvalue weighted by Crippen LogP contribution is -2.23. The van der Waals surface area contributed by atoms with Crippen molar-refractivity contribution < 1.29 is 27.4 Å². The van der Waals surface area contributed by atoms with Crippen LogP contribution in [0.25, 0.3) is 22.4 Å². The molecule has 33 heavy (non-hydrogen) atoms. The SMILES string of the molecule is CCn1cc(-c2cc(-c3ccnc(NC(=O)OC)c3)cc(OC(C)(C)C)n2)c(C(F)(F)F)n1. The van der Waals surface area contributed by atoms with E-state index in [1.54, 1.807) is 25.1 Å². The van der Waals surface area contributed by atoms with E-state index >= 15 is 0 Å². The maximum absolute atomic E-state index is 13.7. The van der Waals surface area contributed by atoms with E-state index in [1.807, 2.05) is 20.8 Å². The van der Waals surface area contributed by atoms with E-state index in [2.05, 4.69) is 25.1 Å². The Balaban J connectivity index is 2.17. The fraction of sp³-hybridized carbons (Fsp3) is 0.364. The van der Waals surface area contributed by atoms with E-state index in [0.29, 0.717) is 11.1 Å². The number of anilines is 1. The molecule has 0 spiro atoms. The number of hydrogen-bond donors (Lipinski definition) is 1. The maximum atomic E-state index is 13.7. The standard InChI is InChI=1S/C22H24F3N5O3/c1-6-30-12-15(19(29-30)22(23,24)25)16-9-14(11-18(27-16)33-21(2,3)4)13-7-8-26-17(10-13)28-20(31)32-5/h7-12H,6H2,1-5H3,(H,26,28,31). The Kier molecular flexibility index (Phi) is 6.61. The van der Waals surface area contributed by atoms with Crippen LogP contribution in [0.15, 0.2) is 36.7 Å². The number of nitrogens with zero attached hydrogens (tertiary/aromatic N) is 4.